The third kappa shape index (κ3) is 2.65. The fraction of sp³-hybridized carbons (Fsp3) is 0.154. The van der Waals surface area contributed by atoms with Gasteiger partial charge in [-0.05, 0) is 23.8 Å². The number of halogens is 2. The average Bonchev–Trinajstić information content (AvgIpc) is 2.35. The van der Waals surface area contributed by atoms with Crippen molar-refractivity contribution < 1.29 is 13.9 Å². The zero-order valence-corrected chi connectivity index (χ0v) is 8.98. The summed E-state index contributed by atoms with van der Waals surface area (Å²) in [4.78, 5) is 3.84. The highest BCUT2D eigenvalue weighted by molar-refractivity contribution is 5.23. The van der Waals surface area contributed by atoms with E-state index in [2.05, 4.69) is 4.98 Å². The van der Waals surface area contributed by atoms with Crippen LogP contribution in [0.25, 0.3) is 0 Å². The van der Waals surface area contributed by atoms with E-state index in [1.54, 1.807) is 18.3 Å². The second kappa shape index (κ2) is 5.01. The van der Waals surface area contributed by atoms with Crippen LogP contribution in [0.5, 0.6) is 0 Å². The number of pyridine rings is 1. The lowest BCUT2D eigenvalue weighted by Crippen LogP contribution is -2.05. The second-order valence-corrected chi connectivity index (χ2v) is 3.71. The summed E-state index contributed by atoms with van der Waals surface area (Å²) in [6, 6.07) is 6.97. The van der Waals surface area contributed by atoms with E-state index in [1.807, 2.05) is 0 Å². The minimum atomic E-state index is -0.963. The molecule has 88 valence electrons. The zero-order chi connectivity index (χ0) is 12.3. The second-order valence-electron chi connectivity index (χ2n) is 3.71. The summed E-state index contributed by atoms with van der Waals surface area (Å²) in [6.07, 6.45) is 1.98. The first-order valence-electron chi connectivity index (χ1n) is 5.19. The van der Waals surface area contributed by atoms with E-state index >= 15 is 0 Å². The van der Waals surface area contributed by atoms with E-state index in [-0.39, 0.29) is 12.0 Å². The number of hydrogen-bond acceptors (Lipinski definition) is 2. The zero-order valence-electron chi connectivity index (χ0n) is 8.98. The Morgan fingerprint density at radius 2 is 1.82 bits per heavy atom. The molecule has 0 fully saturated rings. The van der Waals surface area contributed by atoms with Crippen LogP contribution in [0, 0.1) is 11.6 Å². The lowest BCUT2D eigenvalue weighted by Gasteiger charge is -2.11. The first-order valence-corrected chi connectivity index (χ1v) is 5.19. The van der Waals surface area contributed by atoms with Crippen LogP contribution in [0.2, 0.25) is 0 Å². The van der Waals surface area contributed by atoms with Gasteiger partial charge in [0.15, 0.2) is 0 Å². The van der Waals surface area contributed by atoms with Crippen LogP contribution in [-0.4, -0.2) is 10.1 Å². The standard InChI is InChI=1S/C13H11F2NO/c14-11-4-1-5-12(15)10(11)7-13(17)9-3-2-6-16-8-9/h1-6,8,13,17H,7H2. The van der Waals surface area contributed by atoms with E-state index in [1.165, 1.54) is 24.4 Å². The van der Waals surface area contributed by atoms with Gasteiger partial charge < -0.3 is 5.11 Å². The van der Waals surface area contributed by atoms with Crippen molar-refractivity contribution in [2.75, 3.05) is 0 Å². The summed E-state index contributed by atoms with van der Waals surface area (Å²) in [6.45, 7) is 0. The third-order valence-electron chi connectivity index (χ3n) is 2.53. The predicted octanol–water partition coefficient (Wildman–Crippen LogP) is 2.64. The molecule has 0 saturated heterocycles. The van der Waals surface area contributed by atoms with Gasteiger partial charge in [0, 0.05) is 24.4 Å². The first-order chi connectivity index (χ1) is 8.18. The van der Waals surface area contributed by atoms with E-state index < -0.39 is 17.7 Å². The smallest absolute Gasteiger partial charge is 0.129 e. The number of benzene rings is 1. The number of aromatic nitrogens is 1. The number of rotatable bonds is 3. The predicted molar refractivity (Wildman–Crippen MR) is 59.3 cm³/mol. The molecule has 1 aromatic carbocycles. The largest absolute Gasteiger partial charge is 0.388 e. The van der Waals surface area contributed by atoms with Crippen molar-refractivity contribution in [1.29, 1.82) is 0 Å². The number of aliphatic hydroxyl groups is 1. The normalized spacial score (nSPS) is 12.4. The van der Waals surface area contributed by atoms with Crippen LogP contribution < -0.4 is 0 Å². The molecule has 17 heavy (non-hydrogen) atoms. The number of hydrogen-bond donors (Lipinski definition) is 1. The summed E-state index contributed by atoms with van der Waals surface area (Å²) < 4.78 is 26.7. The van der Waals surface area contributed by atoms with Gasteiger partial charge in [0.05, 0.1) is 6.10 Å². The number of aliphatic hydroxyl groups excluding tert-OH is 1. The molecule has 0 aliphatic rings. The van der Waals surface area contributed by atoms with Gasteiger partial charge in [0.25, 0.3) is 0 Å². The third-order valence-corrected chi connectivity index (χ3v) is 2.53. The van der Waals surface area contributed by atoms with Gasteiger partial charge in [-0.1, -0.05) is 12.1 Å². The van der Waals surface area contributed by atoms with Crippen molar-refractivity contribution in [3.8, 4) is 0 Å². The van der Waals surface area contributed by atoms with Gasteiger partial charge in [-0.25, -0.2) is 8.78 Å². The lowest BCUT2D eigenvalue weighted by molar-refractivity contribution is 0.175. The van der Waals surface area contributed by atoms with Crippen LogP contribution in [0.15, 0.2) is 42.7 Å². The maximum absolute atomic E-state index is 13.4. The summed E-state index contributed by atoms with van der Waals surface area (Å²) in [5, 5.41) is 9.85. The SMILES string of the molecule is OC(Cc1c(F)cccc1F)c1cccnc1. The quantitative estimate of drug-likeness (QED) is 0.887. The van der Waals surface area contributed by atoms with Crippen LogP contribution >= 0.6 is 0 Å². The molecular formula is C13H11F2NO. The van der Waals surface area contributed by atoms with E-state index in [4.69, 9.17) is 0 Å². The summed E-state index contributed by atoms with van der Waals surface area (Å²) in [7, 11) is 0. The molecule has 2 rings (SSSR count). The molecule has 1 N–H and O–H groups in total. The first kappa shape index (κ1) is 11.7. The molecule has 0 aliphatic heterocycles. The molecule has 2 nitrogen and oxygen atoms in total. The molecule has 0 amide bonds. The minimum absolute atomic E-state index is 0.107. The fourth-order valence-corrected chi connectivity index (χ4v) is 1.61. The van der Waals surface area contributed by atoms with E-state index in [0.717, 1.165) is 0 Å². The Labute approximate surface area is 97.6 Å². The van der Waals surface area contributed by atoms with Crippen LogP contribution in [0.4, 0.5) is 8.78 Å². The van der Waals surface area contributed by atoms with Gasteiger partial charge in [-0.15, -0.1) is 0 Å². The van der Waals surface area contributed by atoms with Crippen molar-refractivity contribution in [3.05, 3.63) is 65.5 Å². The molecule has 0 saturated carbocycles. The maximum atomic E-state index is 13.4. The van der Waals surface area contributed by atoms with Crippen molar-refractivity contribution in [2.45, 2.75) is 12.5 Å². The van der Waals surface area contributed by atoms with Crippen molar-refractivity contribution >= 4 is 0 Å². The highest BCUT2D eigenvalue weighted by Gasteiger charge is 2.15. The summed E-state index contributed by atoms with van der Waals surface area (Å²) in [5.74, 6) is -1.29. The Kier molecular flexibility index (Phi) is 3.44. The topological polar surface area (TPSA) is 33.1 Å². The van der Waals surface area contributed by atoms with Gasteiger partial charge in [-0.3, -0.25) is 4.98 Å². The Morgan fingerprint density at radius 3 is 2.41 bits per heavy atom. The van der Waals surface area contributed by atoms with E-state index in [0.29, 0.717) is 5.56 Å². The monoisotopic (exact) mass is 235 g/mol. The highest BCUT2D eigenvalue weighted by Crippen LogP contribution is 2.21. The maximum Gasteiger partial charge on any atom is 0.129 e. The molecular weight excluding hydrogens is 224 g/mol. The fourth-order valence-electron chi connectivity index (χ4n) is 1.61. The Bertz CT molecular complexity index is 482. The Morgan fingerprint density at radius 1 is 1.12 bits per heavy atom. The molecule has 1 heterocycles. The average molecular weight is 235 g/mol. The van der Waals surface area contributed by atoms with Crippen LogP contribution in [0.3, 0.4) is 0 Å². The highest BCUT2D eigenvalue weighted by atomic mass is 19.1. The number of nitrogens with zero attached hydrogens (tertiary/aromatic N) is 1. The van der Waals surface area contributed by atoms with Crippen molar-refractivity contribution in [3.63, 3.8) is 0 Å². The molecule has 1 unspecified atom stereocenters. The summed E-state index contributed by atoms with van der Waals surface area (Å²) in [5.41, 5.74) is 0.430. The summed E-state index contributed by atoms with van der Waals surface area (Å²) >= 11 is 0. The Hall–Kier alpha value is -1.81. The van der Waals surface area contributed by atoms with Crippen LogP contribution in [-0.2, 0) is 6.42 Å². The molecule has 0 bridgehead atoms. The van der Waals surface area contributed by atoms with Gasteiger partial charge in [-0.2, -0.15) is 0 Å². The minimum Gasteiger partial charge on any atom is -0.388 e. The van der Waals surface area contributed by atoms with Crippen LogP contribution in [0.1, 0.15) is 17.2 Å². The van der Waals surface area contributed by atoms with Gasteiger partial charge in [0.2, 0.25) is 0 Å². The van der Waals surface area contributed by atoms with Gasteiger partial charge in [0.1, 0.15) is 11.6 Å². The molecule has 2 aromatic rings. The molecule has 0 aliphatic carbocycles. The van der Waals surface area contributed by atoms with Crippen molar-refractivity contribution in [2.24, 2.45) is 0 Å². The molecule has 0 radical (unpaired) electrons. The molecule has 1 atom stereocenters. The lowest BCUT2D eigenvalue weighted by atomic mass is 10.0. The Balaban J connectivity index is 2.22. The molecule has 1 aromatic heterocycles. The molecule has 0 spiro atoms. The van der Waals surface area contributed by atoms with Gasteiger partial charge >= 0.3 is 0 Å². The van der Waals surface area contributed by atoms with Crippen molar-refractivity contribution in [1.82, 2.24) is 4.98 Å². The molecule has 4 heteroatoms. The van der Waals surface area contributed by atoms with E-state index in [9.17, 15) is 13.9 Å².